The zero-order valence-electron chi connectivity index (χ0n) is 19.3. The van der Waals surface area contributed by atoms with E-state index in [1.807, 2.05) is 78.9 Å². The molecule has 2 unspecified atom stereocenters. The molecule has 2 N–H and O–H groups in total. The summed E-state index contributed by atoms with van der Waals surface area (Å²) >= 11 is 0. The van der Waals surface area contributed by atoms with E-state index in [4.69, 9.17) is 19.9 Å². The highest BCUT2D eigenvalue weighted by Crippen LogP contribution is 2.52. The van der Waals surface area contributed by atoms with E-state index in [1.165, 1.54) is 0 Å². The Morgan fingerprint density at radius 1 is 0.886 bits per heavy atom. The first-order valence-electron chi connectivity index (χ1n) is 11.1. The summed E-state index contributed by atoms with van der Waals surface area (Å²) in [5.41, 5.74) is 9.48. The van der Waals surface area contributed by atoms with Crippen LogP contribution in [0.5, 0.6) is 11.5 Å². The molecule has 174 valence electrons. The number of hydrogen-bond donors (Lipinski definition) is 1. The van der Waals surface area contributed by atoms with Crippen LogP contribution in [0.3, 0.4) is 0 Å². The summed E-state index contributed by atoms with van der Waals surface area (Å²) in [6, 6.07) is 26.0. The van der Waals surface area contributed by atoms with E-state index >= 15 is 0 Å². The second kappa shape index (κ2) is 8.92. The first kappa shape index (κ1) is 22.1. The van der Waals surface area contributed by atoms with Crippen LogP contribution in [-0.2, 0) is 9.53 Å². The van der Waals surface area contributed by atoms with Gasteiger partial charge < -0.3 is 19.9 Å². The van der Waals surface area contributed by atoms with Crippen molar-refractivity contribution in [3.05, 3.63) is 113 Å². The van der Waals surface area contributed by atoms with Gasteiger partial charge in [0.05, 0.1) is 26.2 Å². The topological polar surface area (TPSA) is 97.8 Å². The molecule has 2 aliphatic heterocycles. The Labute approximate surface area is 203 Å². The molecule has 2 atom stereocenters. The van der Waals surface area contributed by atoms with Gasteiger partial charge in [-0.2, -0.15) is 5.26 Å². The molecule has 3 aromatic rings. The number of nitrogens with zero attached hydrogens (tertiary/aromatic N) is 2. The molecule has 0 radical (unpaired) electrons. The molecule has 35 heavy (non-hydrogen) atoms. The highest BCUT2D eigenvalue weighted by Gasteiger charge is 2.49. The largest absolute Gasteiger partial charge is 0.497 e. The third-order valence-corrected chi connectivity index (χ3v) is 6.34. The predicted octanol–water partition coefficient (Wildman–Crippen LogP) is 4.55. The summed E-state index contributed by atoms with van der Waals surface area (Å²) in [4.78, 5) is 15.5. The van der Waals surface area contributed by atoms with E-state index in [0.29, 0.717) is 22.8 Å². The van der Waals surface area contributed by atoms with Gasteiger partial charge in [0.1, 0.15) is 23.1 Å². The molecule has 7 nitrogen and oxygen atoms in total. The van der Waals surface area contributed by atoms with Gasteiger partial charge in [-0.05, 0) is 47.5 Å². The average Bonchev–Trinajstić information content (AvgIpc) is 3.20. The van der Waals surface area contributed by atoms with E-state index < -0.39 is 12.0 Å². The van der Waals surface area contributed by atoms with E-state index in [1.54, 1.807) is 19.1 Å². The Kier molecular flexibility index (Phi) is 5.63. The highest BCUT2D eigenvalue weighted by molar-refractivity contribution is 6.09. The Bertz CT molecular complexity index is 1370. The molecule has 0 saturated heterocycles. The number of anilines is 1. The standard InChI is InChI=1S/C28H23N3O4/c1-33-20-12-8-17(9-13-20)23-22(16-29)27(30)35-26-24(23)25(18-10-14-21(34-2)15-11-18)31(28(26)32)19-6-4-3-5-7-19/h3-15,23,25H,30H2,1-2H3. The van der Waals surface area contributed by atoms with Crippen LogP contribution in [-0.4, -0.2) is 20.1 Å². The number of allylic oxidation sites excluding steroid dienone is 1. The van der Waals surface area contributed by atoms with E-state index in [-0.39, 0.29) is 23.1 Å². The van der Waals surface area contributed by atoms with Gasteiger partial charge in [0.15, 0.2) is 5.76 Å². The SMILES string of the molecule is COc1ccc(C2C(C#N)=C(N)OC3=C2C(c2ccc(OC)cc2)N(c2ccccc2)C3=O)cc1. The number of methoxy groups -OCH3 is 2. The molecule has 0 fully saturated rings. The number of carbonyl (C=O) groups is 1. The van der Waals surface area contributed by atoms with E-state index in [0.717, 1.165) is 11.1 Å². The predicted molar refractivity (Wildman–Crippen MR) is 130 cm³/mol. The molecule has 0 spiro atoms. The van der Waals surface area contributed by atoms with Gasteiger partial charge in [-0.1, -0.05) is 42.5 Å². The van der Waals surface area contributed by atoms with Crippen LogP contribution in [0.15, 0.2) is 102 Å². The summed E-state index contributed by atoms with van der Waals surface area (Å²) in [6.45, 7) is 0. The lowest BCUT2D eigenvalue weighted by Gasteiger charge is -2.31. The van der Waals surface area contributed by atoms with Crippen LogP contribution in [0.2, 0.25) is 0 Å². The summed E-state index contributed by atoms with van der Waals surface area (Å²) in [5, 5.41) is 10.1. The number of rotatable bonds is 5. The fraction of sp³-hybridized carbons (Fsp3) is 0.143. The lowest BCUT2D eigenvalue weighted by atomic mass is 9.79. The number of nitrogens with two attached hydrogens (primary N) is 1. The number of nitriles is 1. The first-order chi connectivity index (χ1) is 17.1. The molecule has 0 saturated carbocycles. The third kappa shape index (κ3) is 3.65. The van der Waals surface area contributed by atoms with Crippen molar-refractivity contribution >= 4 is 11.6 Å². The van der Waals surface area contributed by atoms with Crippen molar-refractivity contribution in [2.75, 3.05) is 19.1 Å². The number of para-hydroxylation sites is 1. The molecular weight excluding hydrogens is 442 g/mol. The average molecular weight is 466 g/mol. The molecule has 2 aliphatic rings. The zero-order chi connectivity index (χ0) is 24.5. The lowest BCUT2D eigenvalue weighted by Crippen LogP contribution is -2.30. The second-order valence-corrected chi connectivity index (χ2v) is 8.17. The van der Waals surface area contributed by atoms with Crippen LogP contribution in [0.1, 0.15) is 23.1 Å². The maximum Gasteiger partial charge on any atom is 0.294 e. The monoisotopic (exact) mass is 465 g/mol. The van der Waals surface area contributed by atoms with Gasteiger partial charge in [0, 0.05) is 11.3 Å². The van der Waals surface area contributed by atoms with Crippen LogP contribution in [0, 0.1) is 11.3 Å². The molecule has 0 bridgehead atoms. The Hall–Kier alpha value is -4.70. The molecule has 3 aromatic carbocycles. The normalized spacial score (nSPS) is 19.2. The van der Waals surface area contributed by atoms with Crippen molar-refractivity contribution in [2.45, 2.75) is 12.0 Å². The molecule has 7 heteroatoms. The van der Waals surface area contributed by atoms with Crippen molar-refractivity contribution < 1.29 is 19.0 Å². The van der Waals surface area contributed by atoms with Gasteiger partial charge in [0.25, 0.3) is 5.91 Å². The minimum atomic E-state index is -0.570. The van der Waals surface area contributed by atoms with Gasteiger partial charge in [-0.25, -0.2) is 0 Å². The fourth-order valence-electron chi connectivity index (χ4n) is 4.70. The van der Waals surface area contributed by atoms with Crippen LogP contribution >= 0.6 is 0 Å². The minimum absolute atomic E-state index is 0.0659. The summed E-state index contributed by atoms with van der Waals surface area (Å²) < 4.78 is 16.5. The summed E-state index contributed by atoms with van der Waals surface area (Å²) in [6.07, 6.45) is 0. The van der Waals surface area contributed by atoms with Crippen molar-refractivity contribution in [1.82, 2.24) is 0 Å². The van der Waals surface area contributed by atoms with Gasteiger partial charge in [-0.15, -0.1) is 0 Å². The van der Waals surface area contributed by atoms with Crippen LogP contribution < -0.4 is 20.1 Å². The maximum atomic E-state index is 13.8. The summed E-state index contributed by atoms with van der Waals surface area (Å²) in [5.74, 6) is 0.582. The number of hydrogen-bond acceptors (Lipinski definition) is 6. The molecule has 0 aliphatic carbocycles. The quantitative estimate of drug-likeness (QED) is 0.594. The molecule has 2 heterocycles. The maximum absolute atomic E-state index is 13.8. The second-order valence-electron chi connectivity index (χ2n) is 8.17. The minimum Gasteiger partial charge on any atom is -0.497 e. The first-order valence-corrected chi connectivity index (χ1v) is 11.1. The number of ether oxygens (including phenoxy) is 3. The Morgan fingerprint density at radius 2 is 1.46 bits per heavy atom. The number of carbonyl (C=O) groups excluding carboxylic acids is 1. The van der Waals surface area contributed by atoms with Crippen molar-refractivity contribution in [1.29, 1.82) is 5.26 Å². The molecule has 1 amide bonds. The smallest absolute Gasteiger partial charge is 0.294 e. The number of benzene rings is 3. The van der Waals surface area contributed by atoms with Crippen molar-refractivity contribution in [3.8, 4) is 17.6 Å². The highest BCUT2D eigenvalue weighted by atomic mass is 16.5. The van der Waals surface area contributed by atoms with E-state index in [9.17, 15) is 10.1 Å². The van der Waals surface area contributed by atoms with Gasteiger partial charge in [0.2, 0.25) is 5.88 Å². The third-order valence-electron chi connectivity index (χ3n) is 6.34. The van der Waals surface area contributed by atoms with Crippen molar-refractivity contribution in [3.63, 3.8) is 0 Å². The Balaban J connectivity index is 1.73. The van der Waals surface area contributed by atoms with Crippen molar-refractivity contribution in [2.24, 2.45) is 5.73 Å². The van der Waals surface area contributed by atoms with Gasteiger partial charge in [-0.3, -0.25) is 9.69 Å². The zero-order valence-corrected chi connectivity index (χ0v) is 19.3. The lowest BCUT2D eigenvalue weighted by molar-refractivity contribution is -0.117. The molecular formula is C28H23N3O4. The summed E-state index contributed by atoms with van der Waals surface area (Å²) in [7, 11) is 3.20. The molecule has 0 aromatic heterocycles. The fourth-order valence-corrected chi connectivity index (χ4v) is 4.70. The van der Waals surface area contributed by atoms with E-state index in [2.05, 4.69) is 6.07 Å². The van der Waals surface area contributed by atoms with Gasteiger partial charge >= 0.3 is 0 Å². The van der Waals surface area contributed by atoms with Crippen LogP contribution in [0.4, 0.5) is 5.69 Å². The number of amides is 1. The molecule has 5 rings (SSSR count). The van der Waals surface area contributed by atoms with Crippen LogP contribution in [0.25, 0.3) is 0 Å². The Morgan fingerprint density at radius 3 is 2.00 bits per heavy atom.